The molecule has 0 unspecified atom stereocenters. The molecular formula is C20H23NO4. The van der Waals surface area contributed by atoms with Crippen molar-refractivity contribution in [2.75, 3.05) is 6.61 Å². The fraction of sp³-hybridized carbons (Fsp3) is 0.300. The zero-order chi connectivity index (χ0) is 18.1. The van der Waals surface area contributed by atoms with Crippen molar-refractivity contribution in [3.8, 4) is 5.75 Å². The second-order valence-corrected chi connectivity index (χ2v) is 5.69. The van der Waals surface area contributed by atoms with Crippen molar-refractivity contribution in [1.29, 1.82) is 0 Å². The van der Waals surface area contributed by atoms with Gasteiger partial charge in [-0.05, 0) is 43.2 Å². The van der Waals surface area contributed by atoms with Crippen LogP contribution in [-0.4, -0.2) is 24.6 Å². The predicted octanol–water partition coefficient (Wildman–Crippen LogP) is 3.34. The van der Waals surface area contributed by atoms with Gasteiger partial charge in [-0.2, -0.15) is 0 Å². The molecule has 0 aliphatic carbocycles. The molecule has 2 rings (SSSR count). The minimum Gasteiger partial charge on any atom is -0.482 e. The first kappa shape index (κ1) is 18.5. The van der Waals surface area contributed by atoms with E-state index in [1.807, 2.05) is 44.2 Å². The van der Waals surface area contributed by atoms with Gasteiger partial charge >= 0.3 is 5.97 Å². The molecule has 1 N–H and O–H groups in total. The van der Waals surface area contributed by atoms with Crippen LogP contribution in [-0.2, 0) is 16.1 Å². The number of carbonyl (C=O) groups is 2. The second-order valence-electron chi connectivity index (χ2n) is 5.69. The highest BCUT2D eigenvalue weighted by atomic mass is 16.6. The molecule has 0 saturated carbocycles. The first-order valence-corrected chi connectivity index (χ1v) is 8.33. The average Bonchev–Trinajstić information content (AvgIpc) is 2.65. The summed E-state index contributed by atoms with van der Waals surface area (Å²) in [7, 11) is 0. The van der Waals surface area contributed by atoms with Crippen molar-refractivity contribution in [3.05, 3.63) is 65.7 Å². The lowest BCUT2D eigenvalue weighted by Crippen LogP contribution is -2.22. The number of nitrogens with one attached hydrogen (secondary N) is 1. The number of esters is 1. The molecular weight excluding hydrogens is 318 g/mol. The van der Waals surface area contributed by atoms with Crippen LogP contribution in [0.25, 0.3) is 0 Å². The molecule has 132 valence electrons. The Balaban J connectivity index is 1.80. The molecule has 1 atom stereocenters. The van der Waals surface area contributed by atoms with E-state index in [0.717, 1.165) is 12.0 Å². The zero-order valence-electron chi connectivity index (χ0n) is 14.5. The second kappa shape index (κ2) is 9.47. The number of benzene rings is 2. The van der Waals surface area contributed by atoms with Gasteiger partial charge in [-0.25, -0.2) is 4.79 Å². The summed E-state index contributed by atoms with van der Waals surface area (Å²) in [5, 5.41) is 2.86. The van der Waals surface area contributed by atoms with Gasteiger partial charge < -0.3 is 14.8 Å². The standard InChI is InChI=1S/C20H23NO4/c1-3-15(2)25-19(22)14-24-18-11-9-17(10-12-18)20(23)21-13-16-7-5-4-6-8-16/h4-12,15H,3,13-14H2,1-2H3,(H,21,23)/t15-/m0/s1. The minimum atomic E-state index is -0.404. The van der Waals surface area contributed by atoms with Crippen LogP contribution < -0.4 is 10.1 Å². The quantitative estimate of drug-likeness (QED) is 0.748. The molecule has 5 heteroatoms. The molecule has 2 aromatic carbocycles. The van der Waals surface area contributed by atoms with E-state index in [-0.39, 0.29) is 18.6 Å². The highest BCUT2D eigenvalue weighted by molar-refractivity contribution is 5.94. The molecule has 5 nitrogen and oxygen atoms in total. The fourth-order valence-corrected chi connectivity index (χ4v) is 2.07. The van der Waals surface area contributed by atoms with Crippen LogP contribution in [0.15, 0.2) is 54.6 Å². The van der Waals surface area contributed by atoms with E-state index in [2.05, 4.69) is 5.32 Å². The summed E-state index contributed by atoms with van der Waals surface area (Å²) >= 11 is 0. The topological polar surface area (TPSA) is 64.6 Å². The molecule has 0 spiro atoms. The maximum atomic E-state index is 12.1. The van der Waals surface area contributed by atoms with Crippen LogP contribution >= 0.6 is 0 Å². The number of rotatable bonds is 8. The Hall–Kier alpha value is -2.82. The maximum Gasteiger partial charge on any atom is 0.344 e. The lowest BCUT2D eigenvalue weighted by Gasteiger charge is -2.11. The molecule has 1 amide bonds. The molecule has 0 aromatic heterocycles. The largest absolute Gasteiger partial charge is 0.482 e. The first-order valence-electron chi connectivity index (χ1n) is 8.33. The Morgan fingerprint density at radius 1 is 1.04 bits per heavy atom. The van der Waals surface area contributed by atoms with Crippen molar-refractivity contribution < 1.29 is 19.1 Å². The number of amides is 1. The van der Waals surface area contributed by atoms with E-state index in [4.69, 9.17) is 9.47 Å². The summed E-state index contributed by atoms with van der Waals surface area (Å²) in [5.74, 6) is -0.0497. The third-order valence-corrected chi connectivity index (χ3v) is 3.68. The van der Waals surface area contributed by atoms with Gasteiger partial charge in [0, 0.05) is 12.1 Å². The van der Waals surface area contributed by atoms with E-state index in [1.54, 1.807) is 24.3 Å². The molecule has 0 heterocycles. The van der Waals surface area contributed by atoms with Gasteiger partial charge in [-0.3, -0.25) is 4.79 Å². The third kappa shape index (κ3) is 6.30. The third-order valence-electron chi connectivity index (χ3n) is 3.68. The first-order chi connectivity index (χ1) is 12.1. The Morgan fingerprint density at radius 2 is 1.72 bits per heavy atom. The van der Waals surface area contributed by atoms with E-state index in [1.165, 1.54) is 0 Å². The van der Waals surface area contributed by atoms with Crippen molar-refractivity contribution in [1.82, 2.24) is 5.32 Å². The lowest BCUT2D eigenvalue weighted by molar-refractivity contribution is -0.150. The molecule has 0 saturated heterocycles. The van der Waals surface area contributed by atoms with Gasteiger partial charge in [0.15, 0.2) is 6.61 Å². The van der Waals surface area contributed by atoms with Crippen LogP contribution in [0.3, 0.4) is 0 Å². The van der Waals surface area contributed by atoms with E-state index in [0.29, 0.717) is 17.9 Å². The Morgan fingerprint density at radius 3 is 2.36 bits per heavy atom. The number of carbonyl (C=O) groups excluding carboxylic acids is 2. The van der Waals surface area contributed by atoms with Crippen molar-refractivity contribution in [2.45, 2.75) is 32.9 Å². The van der Waals surface area contributed by atoms with Crippen LogP contribution in [0.4, 0.5) is 0 Å². The number of hydrogen-bond acceptors (Lipinski definition) is 4. The summed E-state index contributed by atoms with van der Waals surface area (Å²) < 4.78 is 10.5. The van der Waals surface area contributed by atoms with Gasteiger partial charge in [0.25, 0.3) is 5.91 Å². The Bertz CT molecular complexity index is 683. The summed E-state index contributed by atoms with van der Waals surface area (Å²) in [6.45, 7) is 4.10. The van der Waals surface area contributed by atoms with Crippen molar-refractivity contribution in [3.63, 3.8) is 0 Å². The van der Waals surface area contributed by atoms with Gasteiger partial charge in [0.1, 0.15) is 5.75 Å². The lowest BCUT2D eigenvalue weighted by atomic mass is 10.2. The molecule has 0 aliphatic rings. The molecule has 0 radical (unpaired) electrons. The highest BCUT2D eigenvalue weighted by Gasteiger charge is 2.09. The van der Waals surface area contributed by atoms with E-state index in [9.17, 15) is 9.59 Å². The van der Waals surface area contributed by atoms with Gasteiger partial charge in [-0.1, -0.05) is 37.3 Å². The molecule has 25 heavy (non-hydrogen) atoms. The number of hydrogen-bond donors (Lipinski definition) is 1. The fourth-order valence-electron chi connectivity index (χ4n) is 2.07. The maximum absolute atomic E-state index is 12.1. The Kier molecular flexibility index (Phi) is 7.01. The van der Waals surface area contributed by atoms with Gasteiger partial charge in [0.05, 0.1) is 6.10 Å². The average molecular weight is 341 g/mol. The summed E-state index contributed by atoms with van der Waals surface area (Å²) in [6, 6.07) is 16.3. The molecule has 0 bridgehead atoms. The Labute approximate surface area is 148 Å². The summed E-state index contributed by atoms with van der Waals surface area (Å²) in [6.07, 6.45) is 0.644. The minimum absolute atomic E-state index is 0.119. The van der Waals surface area contributed by atoms with E-state index < -0.39 is 5.97 Å². The monoisotopic (exact) mass is 341 g/mol. The van der Waals surface area contributed by atoms with Crippen LogP contribution in [0.2, 0.25) is 0 Å². The zero-order valence-corrected chi connectivity index (χ0v) is 14.5. The van der Waals surface area contributed by atoms with Gasteiger partial charge in [0.2, 0.25) is 0 Å². The predicted molar refractivity (Wildman–Crippen MR) is 95.4 cm³/mol. The van der Waals surface area contributed by atoms with Crippen LogP contribution in [0.5, 0.6) is 5.75 Å². The highest BCUT2D eigenvalue weighted by Crippen LogP contribution is 2.12. The number of ether oxygens (including phenoxy) is 2. The molecule has 0 aliphatic heterocycles. The summed E-state index contributed by atoms with van der Waals surface area (Å²) in [5.41, 5.74) is 1.57. The normalized spacial score (nSPS) is 11.4. The van der Waals surface area contributed by atoms with Gasteiger partial charge in [-0.15, -0.1) is 0 Å². The van der Waals surface area contributed by atoms with Crippen LogP contribution in [0, 0.1) is 0 Å². The molecule has 0 fully saturated rings. The van der Waals surface area contributed by atoms with Crippen molar-refractivity contribution in [2.24, 2.45) is 0 Å². The van der Waals surface area contributed by atoms with Crippen LogP contribution in [0.1, 0.15) is 36.2 Å². The van der Waals surface area contributed by atoms with E-state index >= 15 is 0 Å². The SMILES string of the molecule is CC[C@H](C)OC(=O)COc1ccc(C(=O)NCc2ccccc2)cc1. The smallest absolute Gasteiger partial charge is 0.344 e. The summed E-state index contributed by atoms with van der Waals surface area (Å²) in [4.78, 5) is 23.7. The van der Waals surface area contributed by atoms with Crippen molar-refractivity contribution >= 4 is 11.9 Å². The molecule has 2 aromatic rings.